The minimum atomic E-state index is 0.436. The lowest BCUT2D eigenvalue weighted by Gasteiger charge is -2.18. The fourth-order valence-corrected chi connectivity index (χ4v) is 3.65. The third kappa shape index (κ3) is 2.50. The van der Waals surface area contributed by atoms with Gasteiger partial charge < -0.3 is 4.90 Å². The van der Waals surface area contributed by atoms with Crippen LogP contribution in [0.15, 0.2) is 67.3 Å². The number of hydrogen-bond donors (Lipinski definition) is 0. The highest BCUT2D eigenvalue weighted by Crippen LogP contribution is 2.32. The lowest BCUT2D eigenvalue weighted by molar-refractivity contribution is 0.744. The molecule has 1 unspecified atom stereocenters. The zero-order valence-electron chi connectivity index (χ0n) is 14.2. The van der Waals surface area contributed by atoms with Gasteiger partial charge >= 0.3 is 0 Å². The van der Waals surface area contributed by atoms with Crippen LogP contribution in [-0.2, 0) is 0 Å². The second-order valence-electron chi connectivity index (χ2n) is 6.51. The zero-order chi connectivity index (χ0) is 17.3. The van der Waals surface area contributed by atoms with E-state index in [-0.39, 0.29) is 0 Å². The number of benzene rings is 1. The number of aromatic nitrogens is 5. The van der Waals surface area contributed by atoms with Gasteiger partial charge in [-0.25, -0.2) is 14.6 Å². The Bertz CT molecular complexity index is 1030. The minimum absolute atomic E-state index is 0.436. The largest absolute Gasteiger partial charge is 0.355 e. The molecular formula is C20H18N6. The number of fused-ring (bicyclic) bond motifs is 1. The molecule has 0 spiro atoms. The van der Waals surface area contributed by atoms with Crippen molar-refractivity contribution in [2.75, 3.05) is 18.0 Å². The highest BCUT2D eigenvalue weighted by atomic mass is 15.3. The molecule has 0 N–H and O–H groups in total. The van der Waals surface area contributed by atoms with Gasteiger partial charge in [0.25, 0.3) is 0 Å². The van der Waals surface area contributed by atoms with E-state index < -0.39 is 0 Å². The third-order valence-electron chi connectivity index (χ3n) is 4.94. The van der Waals surface area contributed by atoms with Gasteiger partial charge in [0, 0.05) is 30.9 Å². The van der Waals surface area contributed by atoms with Crippen molar-refractivity contribution in [1.82, 2.24) is 24.7 Å². The molecular weight excluding hydrogens is 324 g/mol. The number of rotatable bonds is 3. The van der Waals surface area contributed by atoms with Gasteiger partial charge in [0.1, 0.15) is 12.1 Å². The van der Waals surface area contributed by atoms with Crippen LogP contribution in [0.4, 0.5) is 5.82 Å². The fourth-order valence-electron chi connectivity index (χ4n) is 3.65. The molecule has 0 saturated carbocycles. The van der Waals surface area contributed by atoms with E-state index in [0.717, 1.165) is 47.7 Å². The van der Waals surface area contributed by atoms with Crippen molar-refractivity contribution in [3.05, 3.63) is 72.9 Å². The lowest BCUT2D eigenvalue weighted by Crippen LogP contribution is -2.21. The molecule has 3 aromatic heterocycles. The first-order chi connectivity index (χ1) is 12.9. The maximum Gasteiger partial charge on any atom is 0.168 e. The molecule has 1 aliphatic rings. The van der Waals surface area contributed by atoms with E-state index in [1.807, 2.05) is 53.5 Å². The van der Waals surface area contributed by atoms with Crippen LogP contribution < -0.4 is 4.90 Å². The van der Waals surface area contributed by atoms with Crippen molar-refractivity contribution in [1.29, 1.82) is 0 Å². The molecule has 1 atom stereocenters. The molecule has 4 aromatic rings. The predicted octanol–water partition coefficient (Wildman–Crippen LogP) is 3.20. The summed E-state index contributed by atoms with van der Waals surface area (Å²) in [7, 11) is 0. The maximum absolute atomic E-state index is 4.57. The molecule has 1 fully saturated rings. The molecule has 1 saturated heterocycles. The molecule has 128 valence electrons. The summed E-state index contributed by atoms with van der Waals surface area (Å²) in [5.41, 5.74) is 2.99. The quantitative estimate of drug-likeness (QED) is 0.572. The Balaban J connectivity index is 1.50. The van der Waals surface area contributed by atoms with E-state index in [1.54, 1.807) is 6.33 Å². The molecule has 0 radical (unpaired) electrons. The Labute approximate surface area is 151 Å². The molecule has 26 heavy (non-hydrogen) atoms. The Morgan fingerprint density at radius 2 is 1.81 bits per heavy atom. The number of para-hydroxylation sites is 1. The minimum Gasteiger partial charge on any atom is -0.355 e. The Morgan fingerprint density at radius 1 is 0.923 bits per heavy atom. The summed E-state index contributed by atoms with van der Waals surface area (Å²) < 4.78 is 1.87. The zero-order valence-corrected chi connectivity index (χ0v) is 14.2. The van der Waals surface area contributed by atoms with Crippen LogP contribution in [0, 0.1) is 0 Å². The van der Waals surface area contributed by atoms with E-state index in [9.17, 15) is 0 Å². The van der Waals surface area contributed by atoms with Crippen LogP contribution >= 0.6 is 0 Å². The van der Waals surface area contributed by atoms with Gasteiger partial charge in [-0.05, 0) is 30.7 Å². The Morgan fingerprint density at radius 3 is 2.65 bits per heavy atom. The Kier molecular flexibility index (Phi) is 3.59. The van der Waals surface area contributed by atoms with Crippen molar-refractivity contribution >= 4 is 16.9 Å². The normalized spacial score (nSPS) is 17.1. The summed E-state index contributed by atoms with van der Waals surface area (Å²) in [5, 5.41) is 5.53. The highest BCUT2D eigenvalue weighted by Gasteiger charge is 2.27. The van der Waals surface area contributed by atoms with Crippen LogP contribution in [0.3, 0.4) is 0 Å². The first kappa shape index (κ1) is 15.0. The molecule has 0 bridgehead atoms. The van der Waals surface area contributed by atoms with E-state index in [1.165, 1.54) is 0 Å². The molecule has 1 aromatic carbocycles. The molecule has 5 rings (SSSR count). The first-order valence-electron chi connectivity index (χ1n) is 8.80. The van der Waals surface area contributed by atoms with Crippen molar-refractivity contribution in [3.63, 3.8) is 0 Å². The second kappa shape index (κ2) is 6.22. The summed E-state index contributed by atoms with van der Waals surface area (Å²) in [5.74, 6) is 1.39. The van der Waals surface area contributed by atoms with Crippen LogP contribution in [0.25, 0.3) is 16.7 Å². The third-order valence-corrected chi connectivity index (χ3v) is 4.94. The summed E-state index contributed by atoms with van der Waals surface area (Å²) in [6.07, 6.45) is 6.44. The number of anilines is 1. The lowest BCUT2D eigenvalue weighted by atomic mass is 10.0. The standard InChI is InChI=1S/C20H18N6/c1-2-6-16(7-3-1)26-20-17(12-24-26)19(22-14-23-20)25-11-9-15(13-25)18-8-4-5-10-21-18/h1-8,10,12,14-15H,9,11,13H2. The van der Waals surface area contributed by atoms with Gasteiger partial charge in [0.15, 0.2) is 5.65 Å². The molecule has 4 heterocycles. The van der Waals surface area contributed by atoms with Gasteiger partial charge in [-0.2, -0.15) is 5.10 Å². The molecule has 6 heteroatoms. The molecule has 0 aliphatic carbocycles. The summed E-state index contributed by atoms with van der Waals surface area (Å²) in [6.45, 7) is 1.88. The highest BCUT2D eigenvalue weighted by molar-refractivity contribution is 5.87. The number of nitrogens with zero attached hydrogens (tertiary/aromatic N) is 6. The van der Waals surface area contributed by atoms with Gasteiger partial charge in [-0.3, -0.25) is 4.98 Å². The van der Waals surface area contributed by atoms with Crippen molar-refractivity contribution in [2.45, 2.75) is 12.3 Å². The van der Waals surface area contributed by atoms with Crippen LogP contribution in [0.1, 0.15) is 18.0 Å². The van der Waals surface area contributed by atoms with Gasteiger partial charge in [-0.1, -0.05) is 24.3 Å². The molecule has 1 aliphatic heterocycles. The smallest absolute Gasteiger partial charge is 0.168 e. The summed E-state index contributed by atoms with van der Waals surface area (Å²) >= 11 is 0. The number of hydrogen-bond acceptors (Lipinski definition) is 5. The number of pyridine rings is 1. The maximum atomic E-state index is 4.57. The van der Waals surface area contributed by atoms with E-state index in [4.69, 9.17) is 0 Å². The average molecular weight is 342 g/mol. The predicted molar refractivity (Wildman–Crippen MR) is 100 cm³/mol. The van der Waals surface area contributed by atoms with Crippen LogP contribution in [0.5, 0.6) is 0 Å². The van der Waals surface area contributed by atoms with E-state index in [2.05, 4.69) is 37.1 Å². The average Bonchev–Trinajstić information content (AvgIpc) is 3.37. The van der Waals surface area contributed by atoms with E-state index in [0.29, 0.717) is 5.92 Å². The van der Waals surface area contributed by atoms with Crippen LogP contribution in [0.2, 0.25) is 0 Å². The van der Waals surface area contributed by atoms with Crippen molar-refractivity contribution in [3.8, 4) is 5.69 Å². The summed E-state index contributed by atoms with van der Waals surface area (Å²) in [4.78, 5) is 15.9. The first-order valence-corrected chi connectivity index (χ1v) is 8.80. The van der Waals surface area contributed by atoms with Gasteiger partial charge in [-0.15, -0.1) is 0 Å². The monoisotopic (exact) mass is 342 g/mol. The van der Waals surface area contributed by atoms with Crippen molar-refractivity contribution < 1.29 is 0 Å². The SMILES string of the molecule is c1ccc(-n2ncc3c(N4CCC(c5ccccn5)C4)ncnc32)cc1. The summed E-state index contributed by atoms with van der Waals surface area (Å²) in [6, 6.07) is 16.2. The van der Waals surface area contributed by atoms with Crippen molar-refractivity contribution in [2.24, 2.45) is 0 Å². The second-order valence-corrected chi connectivity index (χ2v) is 6.51. The van der Waals surface area contributed by atoms with Gasteiger partial charge in [0.05, 0.1) is 17.3 Å². The van der Waals surface area contributed by atoms with E-state index >= 15 is 0 Å². The topological polar surface area (TPSA) is 59.7 Å². The van der Waals surface area contributed by atoms with Gasteiger partial charge in [0.2, 0.25) is 0 Å². The Hall–Kier alpha value is -3.28. The fraction of sp³-hybridized carbons (Fsp3) is 0.200. The molecule has 0 amide bonds. The van der Waals surface area contributed by atoms with Crippen LogP contribution in [-0.4, -0.2) is 37.8 Å². The molecule has 6 nitrogen and oxygen atoms in total.